The Kier molecular flexibility index (Phi) is 6.37. The Hall–Kier alpha value is -2.67. The molecule has 29 heavy (non-hydrogen) atoms. The van der Waals surface area contributed by atoms with Crippen LogP contribution in [0.25, 0.3) is 5.69 Å². The number of tetrazole rings is 1. The Bertz CT molecular complexity index is 958. The van der Waals surface area contributed by atoms with E-state index in [9.17, 15) is 4.79 Å². The maximum absolute atomic E-state index is 13.1. The summed E-state index contributed by atoms with van der Waals surface area (Å²) < 4.78 is 1.72. The minimum Gasteiger partial charge on any atom is -0.333 e. The zero-order valence-electron chi connectivity index (χ0n) is 17.6. The highest BCUT2D eigenvalue weighted by Gasteiger charge is 2.27. The van der Waals surface area contributed by atoms with Crippen molar-refractivity contribution < 1.29 is 4.79 Å². The molecular formula is C22H27N5OS. The van der Waals surface area contributed by atoms with E-state index in [1.165, 1.54) is 11.8 Å². The van der Waals surface area contributed by atoms with Crippen LogP contribution < -0.4 is 0 Å². The van der Waals surface area contributed by atoms with Crippen LogP contribution in [0.15, 0.2) is 53.7 Å². The number of carbonyl (C=O) groups excluding carboxylic acids is 1. The molecule has 0 radical (unpaired) electrons. The van der Waals surface area contributed by atoms with Gasteiger partial charge in [0.2, 0.25) is 11.1 Å². The van der Waals surface area contributed by atoms with Crippen molar-refractivity contribution in [1.29, 1.82) is 0 Å². The SMILES string of the molecule is Cc1cccc(C)c1-n1nnnc1SCC(=O)N(Cc1ccccc1)C(C)(C)C. The van der Waals surface area contributed by atoms with Crippen molar-refractivity contribution in [3.05, 3.63) is 65.2 Å². The second-order valence-corrected chi connectivity index (χ2v) is 8.98. The van der Waals surface area contributed by atoms with Crippen LogP contribution in [-0.2, 0) is 11.3 Å². The van der Waals surface area contributed by atoms with E-state index < -0.39 is 0 Å². The van der Waals surface area contributed by atoms with Crippen LogP contribution in [0.3, 0.4) is 0 Å². The molecule has 0 unspecified atom stereocenters. The predicted octanol–water partition coefficient (Wildman–Crippen LogP) is 4.20. The van der Waals surface area contributed by atoms with Gasteiger partial charge in [-0.1, -0.05) is 60.3 Å². The van der Waals surface area contributed by atoms with Crippen LogP contribution in [0.4, 0.5) is 0 Å². The first kappa shape index (κ1) is 21.0. The fourth-order valence-electron chi connectivity index (χ4n) is 3.22. The number of thioether (sulfide) groups is 1. The van der Waals surface area contributed by atoms with Gasteiger partial charge in [0.25, 0.3) is 0 Å². The molecule has 0 atom stereocenters. The molecule has 7 heteroatoms. The van der Waals surface area contributed by atoms with Crippen LogP contribution in [-0.4, -0.2) is 42.3 Å². The Morgan fingerprint density at radius 3 is 2.31 bits per heavy atom. The summed E-state index contributed by atoms with van der Waals surface area (Å²) in [7, 11) is 0. The summed E-state index contributed by atoms with van der Waals surface area (Å²) in [6, 6.07) is 16.1. The van der Waals surface area contributed by atoms with Crippen molar-refractivity contribution in [3.63, 3.8) is 0 Å². The molecule has 0 aliphatic carbocycles. The number of hydrogen-bond acceptors (Lipinski definition) is 5. The van der Waals surface area contributed by atoms with Gasteiger partial charge in [-0.3, -0.25) is 4.79 Å². The lowest BCUT2D eigenvalue weighted by atomic mass is 10.0. The largest absolute Gasteiger partial charge is 0.333 e. The van der Waals surface area contributed by atoms with Gasteiger partial charge < -0.3 is 4.90 Å². The number of amides is 1. The molecule has 1 heterocycles. The number of rotatable bonds is 6. The Morgan fingerprint density at radius 1 is 1.03 bits per heavy atom. The molecule has 0 fully saturated rings. The molecule has 6 nitrogen and oxygen atoms in total. The van der Waals surface area contributed by atoms with Crippen LogP contribution in [0, 0.1) is 13.8 Å². The highest BCUT2D eigenvalue weighted by Crippen LogP contribution is 2.25. The third kappa shape index (κ3) is 5.03. The molecule has 0 saturated carbocycles. The van der Waals surface area contributed by atoms with Crippen molar-refractivity contribution in [2.24, 2.45) is 0 Å². The van der Waals surface area contributed by atoms with Crippen molar-refractivity contribution >= 4 is 17.7 Å². The van der Waals surface area contributed by atoms with E-state index >= 15 is 0 Å². The van der Waals surface area contributed by atoms with Crippen molar-refractivity contribution in [2.75, 3.05) is 5.75 Å². The van der Waals surface area contributed by atoms with Gasteiger partial charge in [-0.2, -0.15) is 4.68 Å². The molecule has 0 aliphatic rings. The maximum atomic E-state index is 13.1. The number of para-hydroxylation sites is 1. The van der Waals surface area contributed by atoms with E-state index in [1.807, 2.05) is 67.3 Å². The van der Waals surface area contributed by atoms with Crippen LogP contribution in [0.2, 0.25) is 0 Å². The van der Waals surface area contributed by atoms with Crippen molar-refractivity contribution in [2.45, 2.75) is 51.9 Å². The molecule has 152 valence electrons. The quantitative estimate of drug-likeness (QED) is 0.571. The molecule has 0 N–H and O–H groups in total. The summed E-state index contributed by atoms with van der Waals surface area (Å²) in [5.41, 5.74) is 3.97. The standard InChI is InChI=1S/C22H27N5OS/c1-16-10-9-11-17(2)20(16)27-21(23-24-25-27)29-15-19(28)26(22(3,4)5)14-18-12-7-6-8-13-18/h6-13H,14-15H2,1-5H3. The molecule has 2 aromatic carbocycles. The number of carbonyl (C=O) groups is 1. The lowest BCUT2D eigenvalue weighted by molar-refractivity contribution is -0.133. The van der Waals surface area contributed by atoms with E-state index in [4.69, 9.17) is 0 Å². The van der Waals surface area contributed by atoms with Crippen molar-refractivity contribution in [3.8, 4) is 5.69 Å². The molecule has 3 rings (SSSR count). The van der Waals surface area contributed by atoms with Crippen molar-refractivity contribution in [1.82, 2.24) is 25.1 Å². The van der Waals surface area contributed by atoms with Gasteiger partial charge in [-0.05, 0) is 61.7 Å². The van der Waals surface area contributed by atoms with Crippen LogP contribution >= 0.6 is 11.8 Å². The average molecular weight is 410 g/mol. The van der Waals surface area contributed by atoms with Gasteiger partial charge >= 0.3 is 0 Å². The summed E-state index contributed by atoms with van der Waals surface area (Å²) in [6.07, 6.45) is 0. The highest BCUT2D eigenvalue weighted by molar-refractivity contribution is 7.99. The van der Waals surface area contributed by atoms with Gasteiger partial charge in [-0.15, -0.1) is 5.10 Å². The summed E-state index contributed by atoms with van der Waals surface area (Å²) in [6.45, 7) is 10.8. The monoisotopic (exact) mass is 409 g/mol. The molecule has 0 spiro atoms. The second kappa shape index (κ2) is 8.78. The lowest BCUT2D eigenvalue weighted by Gasteiger charge is -2.36. The lowest BCUT2D eigenvalue weighted by Crippen LogP contribution is -2.45. The third-order valence-electron chi connectivity index (χ3n) is 4.71. The van der Waals surface area contributed by atoms with Gasteiger partial charge in [0.05, 0.1) is 11.4 Å². The molecule has 0 aliphatic heterocycles. The highest BCUT2D eigenvalue weighted by atomic mass is 32.2. The maximum Gasteiger partial charge on any atom is 0.233 e. The minimum absolute atomic E-state index is 0.0578. The fraction of sp³-hybridized carbons (Fsp3) is 0.364. The number of benzene rings is 2. The van der Waals surface area contributed by atoms with E-state index in [1.54, 1.807) is 4.68 Å². The topological polar surface area (TPSA) is 63.9 Å². The second-order valence-electron chi connectivity index (χ2n) is 8.04. The Labute approximate surface area is 176 Å². The van der Waals surface area contributed by atoms with E-state index in [-0.39, 0.29) is 17.2 Å². The van der Waals surface area contributed by atoms with Crippen LogP contribution in [0.5, 0.6) is 0 Å². The molecule has 1 amide bonds. The zero-order chi connectivity index (χ0) is 21.0. The first-order chi connectivity index (χ1) is 13.8. The average Bonchev–Trinajstić information content (AvgIpc) is 3.12. The zero-order valence-corrected chi connectivity index (χ0v) is 18.4. The molecule has 0 bridgehead atoms. The smallest absolute Gasteiger partial charge is 0.233 e. The summed E-state index contributed by atoms with van der Waals surface area (Å²) >= 11 is 1.36. The van der Waals surface area contributed by atoms with E-state index in [0.29, 0.717) is 11.7 Å². The predicted molar refractivity (Wildman–Crippen MR) is 116 cm³/mol. The normalized spacial score (nSPS) is 11.5. The summed E-state index contributed by atoms with van der Waals surface area (Å²) in [5, 5.41) is 12.8. The first-order valence-corrected chi connectivity index (χ1v) is 10.6. The van der Waals surface area contributed by atoms with Crippen LogP contribution in [0.1, 0.15) is 37.5 Å². The minimum atomic E-state index is -0.286. The van der Waals surface area contributed by atoms with E-state index in [2.05, 4.69) is 36.3 Å². The van der Waals surface area contributed by atoms with Gasteiger partial charge in [0.1, 0.15) is 0 Å². The molecular weight excluding hydrogens is 382 g/mol. The summed E-state index contributed by atoms with van der Waals surface area (Å²) in [5.74, 6) is 0.331. The first-order valence-electron chi connectivity index (χ1n) is 9.59. The number of nitrogens with zero attached hydrogens (tertiary/aromatic N) is 5. The number of hydrogen-bond donors (Lipinski definition) is 0. The molecule has 1 aromatic heterocycles. The number of aryl methyl sites for hydroxylation is 2. The van der Waals surface area contributed by atoms with E-state index in [0.717, 1.165) is 22.4 Å². The number of aromatic nitrogens is 4. The summed E-state index contributed by atoms with van der Waals surface area (Å²) in [4.78, 5) is 15.0. The molecule has 3 aromatic rings. The Balaban J connectivity index is 1.77. The fourth-order valence-corrected chi connectivity index (χ4v) is 3.97. The Morgan fingerprint density at radius 2 is 1.69 bits per heavy atom. The van der Waals surface area contributed by atoms with Gasteiger partial charge in [0, 0.05) is 12.1 Å². The van der Waals surface area contributed by atoms with Gasteiger partial charge in [0.15, 0.2) is 0 Å². The molecule has 0 saturated heterocycles. The third-order valence-corrected chi connectivity index (χ3v) is 5.62. The van der Waals surface area contributed by atoms with Gasteiger partial charge in [-0.25, -0.2) is 0 Å².